The molecule has 3 aromatic rings. The molecule has 0 amide bonds. The van der Waals surface area contributed by atoms with Crippen molar-refractivity contribution in [1.82, 2.24) is 0 Å². The zero-order valence-electron chi connectivity index (χ0n) is 16.7. The smallest absolute Gasteiger partial charge is 0.341 e. The summed E-state index contributed by atoms with van der Waals surface area (Å²) in [4.78, 5) is 14.2. The molecule has 0 aromatic heterocycles. The molecular formula is C24H23NO4. The van der Waals surface area contributed by atoms with Crippen LogP contribution in [0.5, 0.6) is 11.5 Å². The molecule has 0 heterocycles. The predicted octanol–water partition coefficient (Wildman–Crippen LogP) is 5.41. The molecule has 0 saturated heterocycles. The molecule has 0 N–H and O–H groups in total. The summed E-state index contributed by atoms with van der Waals surface area (Å²) in [7, 11) is 4.81. The van der Waals surface area contributed by atoms with E-state index in [1.807, 2.05) is 73.8 Å². The predicted molar refractivity (Wildman–Crippen MR) is 114 cm³/mol. The number of hydrogen-bond acceptors (Lipinski definition) is 5. The topological polar surface area (TPSA) is 48.0 Å². The summed E-state index contributed by atoms with van der Waals surface area (Å²) in [6, 6.07) is 25.1. The summed E-state index contributed by atoms with van der Waals surface area (Å²) >= 11 is 0. The van der Waals surface area contributed by atoms with Crippen LogP contribution in [0.3, 0.4) is 0 Å². The minimum Gasteiger partial charge on any atom is -0.503 e. The third-order valence-corrected chi connectivity index (χ3v) is 4.39. The van der Waals surface area contributed by atoms with Crippen LogP contribution in [0.1, 0.15) is 5.56 Å². The van der Waals surface area contributed by atoms with Crippen molar-refractivity contribution in [2.75, 3.05) is 26.2 Å². The minimum absolute atomic E-state index is 0.281. The molecule has 29 heavy (non-hydrogen) atoms. The van der Waals surface area contributed by atoms with Crippen LogP contribution in [0, 0.1) is 0 Å². The number of nitrogens with zero attached hydrogens (tertiary/aromatic N) is 1. The number of anilines is 2. The second kappa shape index (κ2) is 9.46. The summed E-state index contributed by atoms with van der Waals surface area (Å²) in [5.74, 6) is 0.681. The number of carbonyl (C=O) groups is 1. The van der Waals surface area contributed by atoms with Crippen LogP contribution in [0.4, 0.5) is 11.4 Å². The minimum atomic E-state index is -0.500. The lowest BCUT2D eigenvalue weighted by Gasteiger charge is -2.20. The Morgan fingerprint density at radius 3 is 2.28 bits per heavy atom. The van der Waals surface area contributed by atoms with E-state index >= 15 is 0 Å². The molecular weight excluding hydrogens is 366 g/mol. The lowest BCUT2D eigenvalue weighted by molar-refractivity contribution is -0.133. The number of esters is 1. The van der Waals surface area contributed by atoms with E-state index in [0.29, 0.717) is 17.1 Å². The second-order valence-electron chi connectivity index (χ2n) is 6.25. The van der Waals surface area contributed by atoms with Gasteiger partial charge in [0.2, 0.25) is 0 Å². The first-order valence-electron chi connectivity index (χ1n) is 9.11. The maximum atomic E-state index is 12.2. The summed E-state index contributed by atoms with van der Waals surface area (Å²) < 4.78 is 16.1. The molecule has 0 aliphatic carbocycles. The molecule has 0 unspecified atom stereocenters. The average molecular weight is 389 g/mol. The number of para-hydroxylation sites is 2. The Morgan fingerprint density at radius 2 is 1.55 bits per heavy atom. The van der Waals surface area contributed by atoms with Gasteiger partial charge in [0.15, 0.2) is 0 Å². The zero-order chi connectivity index (χ0) is 20.6. The van der Waals surface area contributed by atoms with Gasteiger partial charge < -0.3 is 19.1 Å². The third-order valence-electron chi connectivity index (χ3n) is 4.39. The van der Waals surface area contributed by atoms with E-state index in [0.717, 1.165) is 11.4 Å². The SMILES string of the molecule is COC=C(C(=O)OC)c1ccccc1Oc1cccc(N(C)c2ccccc2)c1. The Morgan fingerprint density at radius 1 is 0.862 bits per heavy atom. The molecule has 5 nitrogen and oxygen atoms in total. The number of carbonyl (C=O) groups excluding carboxylic acids is 1. The average Bonchev–Trinajstić information content (AvgIpc) is 2.78. The highest BCUT2D eigenvalue weighted by Gasteiger charge is 2.18. The van der Waals surface area contributed by atoms with E-state index in [2.05, 4.69) is 4.90 Å². The Labute approximate surface area is 170 Å². The monoisotopic (exact) mass is 389 g/mol. The second-order valence-corrected chi connectivity index (χ2v) is 6.25. The molecule has 3 rings (SSSR count). The Bertz CT molecular complexity index is 999. The van der Waals surface area contributed by atoms with Crippen molar-refractivity contribution in [1.29, 1.82) is 0 Å². The van der Waals surface area contributed by atoms with Gasteiger partial charge in [-0.3, -0.25) is 0 Å². The number of benzene rings is 3. The number of methoxy groups -OCH3 is 2. The molecule has 148 valence electrons. The normalized spacial score (nSPS) is 10.9. The quantitative estimate of drug-likeness (QED) is 0.307. The Kier molecular flexibility index (Phi) is 6.53. The van der Waals surface area contributed by atoms with Gasteiger partial charge in [-0.1, -0.05) is 42.5 Å². The van der Waals surface area contributed by atoms with Crippen LogP contribution in [-0.4, -0.2) is 27.2 Å². The van der Waals surface area contributed by atoms with Gasteiger partial charge >= 0.3 is 5.97 Å². The molecule has 0 aliphatic rings. The van der Waals surface area contributed by atoms with Crippen molar-refractivity contribution < 1.29 is 19.0 Å². The van der Waals surface area contributed by atoms with Gasteiger partial charge in [0.25, 0.3) is 0 Å². The van der Waals surface area contributed by atoms with E-state index in [4.69, 9.17) is 14.2 Å². The van der Waals surface area contributed by atoms with Crippen LogP contribution < -0.4 is 9.64 Å². The van der Waals surface area contributed by atoms with Crippen molar-refractivity contribution in [2.45, 2.75) is 0 Å². The van der Waals surface area contributed by atoms with Crippen molar-refractivity contribution in [3.05, 3.63) is 90.7 Å². The zero-order valence-corrected chi connectivity index (χ0v) is 16.7. The highest BCUT2D eigenvalue weighted by atomic mass is 16.5. The van der Waals surface area contributed by atoms with Crippen molar-refractivity contribution in [3.8, 4) is 11.5 Å². The van der Waals surface area contributed by atoms with E-state index in [9.17, 15) is 4.79 Å². The molecule has 0 spiro atoms. The standard InChI is InChI=1S/C24H23NO4/c1-25(18-10-5-4-6-11-18)19-12-9-13-20(16-19)29-23-15-8-7-14-21(23)22(17-27-2)24(26)28-3/h4-17H,1-3H3. The first kappa shape index (κ1) is 20.0. The van der Waals surface area contributed by atoms with Crippen LogP contribution in [-0.2, 0) is 14.3 Å². The molecule has 0 bridgehead atoms. The van der Waals surface area contributed by atoms with Crippen molar-refractivity contribution in [2.24, 2.45) is 0 Å². The molecule has 0 fully saturated rings. The van der Waals surface area contributed by atoms with E-state index < -0.39 is 5.97 Å². The number of hydrogen-bond donors (Lipinski definition) is 0. The van der Waals surface area contributed by atoms with E-state index in [1.54, 1.807) is 12.1 Å². The van der Waals surface area contributed by atoms with E-state index in [1.165, 1.54) is 20.5 Å². The van der Waals surface area contributed by atoms with Gasteiger partial charge in [-0.15, -0.1) is 0 Å². The largest absolute Gasteiger partial charge is 0.503 e. The third kappa shape index (κ3) is 4.76. The lowest BCUT2D eigenvalue weighted by Crippen LogP contribution is -2.09. The summed E-state index contributed by atoms with van der Waals surface area (Å²) in [6.45, 7) is 0. The molecule has 5 heteroatoms. The molecule has 0 radical (unpaired) electrons. The first-order valence-corrected chi connectivity index (χ1v) is 9.11. The highest BCUT2D eigenvalue weighted by Crippen LogP contribution is 2.33. The summed E-state index contributed by atoms with van der Waals surface area (Å²) in [5.41, 5.74) is 2.92. The van der Waals surface area contributed by atoms with Crippen LogP contribution in [0.25, 0.3) is 5.57 Å². The van der Waals surface area contributed by atoms with Gasteiger partial charge in [-0.05, 0) is 30.3 Å². The van der Waals surface area contributed by atoms with Gasteiger partial charge in [-0.25, -0.2) is 4.79 Å². The maximum absolute atomic E-state index is 12.2. The molecule has 0 aliphatic heterocycles. The molecule has 0 saturated carbocycles. The fraction of sp³-hybridized carbons (Fsp3) is 0.125. The van der Waals surface area contributed by atoms with Gasteiger partial charge in [0.05, 0.1) is 20.5 Å². The van der Waals surface area contributed by atoms with Crippen molar-refractivity contribution >= 4 is 22.9 Å². The van der Waals surface area contributed by atoms with Gasteiger partial charge in [0, 0.05) is 30.1 Å². The lowest BCUT2D eigenvalue weighted by atomic mass is 10.1. The van der Waals surface area contributed by atoms with Crippen LogP contribution >= 0.6 is 0 Å². The highest BCUT2D eigenvalue weighted by molar-refractivity contribution is 6.17. The van der Waals surface area contributed by atoms with Gasteiger partial charge in [0.1, 0.15) is 17.1 Å². The fourth-order valence-corrected chi connectivity index (χ4v) is 2.91. The van der Waals surface area contributed by atoms with Crippen molar-refractivity contribution in [3.63, 3.8) is 0 Å². The Hall–Kier alpha value is -3.73. The molecule has 0 atom stereocenters. The summed E-state index contributed by atoms with van der Waals surface area (Å²) in [5, 5.41) is 0. The van der Waals surface area contributed by atoms with Gasteiger partial charge in [-0.2, -0.15) is 0 Å². The fourth-order valence-electron chi connectivity index (χ4n) is 2.91. The summed E-state index contributed by atoms with van der Waals surface area (Å²) in [6.07, 6.45) is 1.35. The maximum Gasteiger partial charge on any atom is 0.341 e. The first-order chi connectivity index (χ1) is 14.1. The van der Waals surface area contributed by atoms with E-state index in [-0.39, 0.29) is 5.57 Å². The van der Waals surface area contributed by atoms with Crippen LogP contribution in [0.2, 0.25) is 0 Å². The number of rotatable bonds is 7. The molecule has 3 aromatic carbocycles. The Balaban J connectivity index is 1.92. The number of ether oxygens (including phenoxy) is 3. The van der Waals surface area contributed by atoms with Crippen LogP contribution in [0.15, 0.2) is 85.1 Å².